The fraction of sp³-hybridized carbons (Fsp3) is 0.235. The van der Waals surface area contributed by atoms with Crippen molar-refractivity contribution < 1.29 is 14.3 Å². The molecule has 2 aromatic rings. The van der Waals surface area contributed by atoms with Crippen molar-refractivity contribution in [3.63, 3.8) is 0 Å². The van der Waals surface area contributed by atoms with Gasteiger partial charge in [-0.3, -0.25) is 4.79 Å². The van der Waals surface area contributed by atoms with Crippen molar-refractivity contribution in [1.82, 2.24) is 0 Å². The molecule has 0 spiro atoms. The molecule has 2 aromatic carbocycles. The fourth-order valence-corrected chi connectivity index (χ4v) is 2.75. The molecule has 1 aliphatic rings. The zero-order valence-corrected chi connectivity index (χ0v) is 11.9. The van der Waals surface area contributed by atoms with E-state index < -0.39 is 6.10 Å². The number of likely N-dealkylation sites (N-methyl/N-ethyl adjacent to an activating group) is 1. The summed E-state index contributed by atoms with van der Waals surface area (Å²) in [5.41, 5.74) is 3.82. The summed E-state index contributed by atoms with van der Waals surface area (Å²) in [5.74, 6) is -0.329. The Morgan fingerprint density at radius 3 is 2.76 bits per heavy atom. The van der Waals surface area contributed by atoms with E-state index in [1.54, 1.807) is 24.1 Å². The molecule has 0 aromatic heterocycles. The number of amides is 1. The average Bonchev–Trinajstić information content (AvgIpc) is 2.75. The van der Waals surface area contributed by atoms with Crippen LogP contribution in [-0.4, -0.2) is 18.1 Å². The molecule has 21 heavy (non-hydrogen) atoms. The quantitative estimate of drug-likeness (QED) is 0.921. The minimum absolute atomic E-state index is 0.0403. The molecule has 1 amide bonds. The molecule has 0 fully saturated rings. The average molecular weight is 285 g/mol. The van der Waals surface area contributed by atoms with Gasteiger partial charge in [0.2, 0.25) is 5.91 Å². The summed E-state index contributed by atoms with van der Waals surface area (Å²) in [6.07, 6.45) is -0.554. The fourth-order valence-electron chi connectivity index (χ4n) is 2.75. The molecule has 1 aliphatic heterocycles. The predicted octanol–water partition coefficient (Wildman–Crippen LogP) is 2.73. The molecular formula is C17H16FNO2. The summed E-state index contributed by atoms with van der Waals surface area (Å²) in [4.78, 5) is 13.3. The molecule has 0 saturated heterocycles. The Bertz CT molecular complexity index is 727. The van der Waals surface area contributed by atoms with Gasteiger partial charge in [0.1, 0.15) is 11.9 Å². The molecule has 0 saturated carbocycles. The van der Waals surface area contributed by atoms with Crippen LogP contribution in [0.4, 0.5) is 10.1 Å². The van der Waals surface area contributed by atoms with Gasteiger partial charge in [0.15, 0.2) is 0 Å². The molecular weight excluding hydrogens is 269 g/mol. The topological polar surface area (TPSA) is 40.5 Å². The smallest absolute Gasteiger partial charge is 0.231 e. The summed E-state index contributed by atoms with van der Waals surface area (Å²) in [5, 5.41) is 10.5. The Balaban J connectivity index is 2.00. The van der Waals surface area contributed by atoms with Crippen LogP contribution in [-0.2, 0) is 11.2 Å². The summed E-state index contributed by atoms with van der Waals surface area (Å²) < 4.78 is 13.4. The maximum atomic E-state index is 13.4. The highest BCUT2D eigenvalue weighted by Gasteiger charge is 2.25. The highest BCUT2D eigenvalue weighted by molar-refractivity contribution is 6.00. The first kappa shape index (κ1) is 13.8. The van der Waals surface area contributed by atoms with E-state index >= 15 is 0 Å². The van der Waals surface area contributed by atoms with Gasteiger partial charge >= 0.3 is 0 Å². The number of carbonyl (C=O) groups is 1. The Morgan fingerprint density at radius 1 is 1.24 bits per heavy atom. The maximum absolute atomic E-state index is 13.4. The molecule has 0 radical (unpaired) electrons. The first-order valence-electron chi connectivity index (χ1n) is 6.81. The minimum atomic E-state index is -0.896. The number of aliphatic hydroxyl groups excluding tert-OH is 1. The molecule has 0 aliphatic carbocycles. The molecule has 1 N–H and O–H groups in total. The van der Waals surface area contributed by atoms with Crippen molar-refractivity contribution in [2.24, 2.45) is 0 Å². The normalized spacial score (nSPS) is 15.2. The van der Waals surface area contributed by atoms with Crippen molar-refractivity contribution in [1.29, 1.82) is 0 Å². The van der Waals surface area contributed by atoms with Crippen molar-refractivity contribution in [3.05, 3.63) is 64.5 Å². The van der Waals surface area contributed by atoms with Crippen molar-refractivity contribution in [3.8, 4) is 0 Å². The largest absolute Gasteiger partial charge is 0.384 e. The molecule has 108 valence electrons. The Kier molecular flexibility index (Phi) is 3.26. The van der Waals surface area contributed by atoms with Gasteiger partial charge in [0, 0.05) is 12.7 Å². The number of aliphatic hydroxyl groups is 1. The second kappa shape index (κ2) is 4.97. The minimum Gasteiger partial charge on any atom is -0.384 e. The maximum Gasteiger partial charge on any atom is 0.231 e. The van der Waals surface area contributed by atoms with E-state index in [1.165, 1.54) is 12.1 Å². The lowest BCUT2D eigenvalue weighted by atomic mass is 9.95. The molecule has 4 heteroatoms. The molecule has 1 heterocycles. The van der Waals surface area contributed by atoms with Gasteiger partial charge in [-0.1, -0.05) is 18.2 Å². The standard InChI is InChI=1S/C17H16FNO2/c1-10-3-5-13(18)9-14(10)17(21)11-4-6-15-12(7-11)8-16(20)19(15)2/h3-7,9,17,21H,8H2,1-2H3. The van der Waals surface area contributed by atoms with E-state index in [4.69, 9.17) is 0 Å². The number of benzene rings is 2. The zero-order chi connectivity index (χ0) is 15.1. The van der Waals surface area contributed by atoms with Crippen LogP contribution >= 0.6 is 0 Å². The van der Waals surface area contributed by atoms with Gasteiger partial charge in [0.05, 0.1) is 6.42 Å². The van der Waals surface area contributed by atoms with Gasteiger partial charge in [-0.15, -0.1) is 0 Å². The van der Waals surface area contributed by atoms with Crippen LogP contribution in [0.1, 0.15) is 28.4 Å². The number of rotatable bonds is 2. The number of nitrogens with zero attached hydrogens (tertiary/aromatic N) is 1. The van der Waals surface area contributed by atoms with E-state index in [-0.39, 0.29) is 11.7 Å². The second-order valence-electron chi connectivity index (χ2n) is 5.42. The highest BCUT2D eigenvalue weighted by atomic mass is 19.1. The Morgan fingerprint density at radius 2 is 2.00 bits per heavy atom. The monoisotopic (exact) mass is 285 g/mol. The third-order valence-corrected chi connectivity index (χ3v) is 4.03. The van der Waals surface area contributed by atoms with Gasteiger partial charge in [-0.2, -0.15) is 0 Å². The summed E-state index contributed by atoms with van der Waals surface area (Å²) in [6, 6.07) is 9.81. The van der Waals surface area contributed by atoms with Crippen LogP contribution in [0.2, 0.25) is 0 Å². The number of fused-ring (bicyclic) bond motifs is 1. The van der Waals surface area contributed by atoms with Crippen LogP contribution < -0.4 is 4.90 Å². The zero-order valence-electron chi connectivity index (χ0n) is 11.9. The first-order valence-corrected chi connectivity index (χ1v) is 6.81. The lowest BCUT2D eigenvalue weighted by molar-refractivity contribution is -0.117. The van der Waals surface area contributed by atoms with Crippen molar-refractivity contribution >= 4 is 11.6 Å². The predicted molar refractivity (Wildman–Crippen MR) is 78.8 cm³/mol. The van der Waals surface area contributed by atoms with Gasteiger partial charge < -0.3 is 10.0 Å². The molecule has 0 bridgehead atoms. The number of hydrogen-bond donors (Lipinski definition) is 1. The van der Waals surface area contributed by atoms with Crippen LogP contribution in [0.3, 0.4) is 0 Å². The summed E-state index contributed by atoms with van der Waals surface area (Å²) >= 11 is 0. The van der Waals surface area contributed by atoms with E-state index in [0.29, 0.717) is 17.5 Å². The SMILES string of the molecule is Cc1ccc(F)cc1C(O)c1ccc2c(c1)CC(=O)N2C. The first-order chi connectivity index (χ1) is 9.97. The number of hydrogen-bond acceptors (Lipinski definition) is 2. The van der Waals surface area contributed by atoms with E-state index in [0.717, 1.165) is 16.8 Å². The number of anilines is 1. The van der Waals surface area contributed by atoms with Crippen molar-refractivity contribution in [2.75, 3.05) is 11.9 Å². The van der Waals surface area contributed by atoms with Crippen molar-refractivity contribution in [2.45, 2.75) is 19.4 Å². The molecule has 1 atom stereocenters. The number of halogens is 1. The van der Waals surface area contributed by atoms with Crippen LogP contribution in [0.25, 0.3) is 0 Å². The van der Waals surface area contributed by atoms with Crippen LogP contribution in [0.5, 0.6) is 0 Å². The van der Waals surface area contributed by atoms with Crippen LogP contribution in [0, 0.1) is 12.7 Å². The highest BCUT2D eigenvalue weighted by Crippen LogP contribution is 2.32. The second-order valence-corrected chi connectivity index (χ2v) is 5.42. The van der Waals surface area contributed by atoms with E-state index in [1.807, 2.05) is 19.1 Å². The Hall–Kier alpha value is -2.20. The summed E-state index contributed by atoms with van der Waals surface area (Å²) in [7, 11) is 1.74. The van der Waals surface area contributed by atoms with Gasteiger partial charge in [-0.05, 0) is 47.4 Å². The summed E-state index contributed by atoms with van der Waals surface area (Å²) in [6.45, 7) is 1.84. The molecule has 3 nitrogen and oxygen atoms in total. The van der Waals surface area contributed by atoms with Crippen LogP contribution in [0.15, 0.2) is 36.4 Å². The lowest BCUT2D eigenvalue weighted by Crippen LogP contribution is -2.20. The van der Waals surface area contributed by atoms with E-state index in [9.17, 15) is 14.3 Å². The molecule has 3 rings (SSSR count). The van der Waals surface area contributed by atoms with Gasteiger partial charge in [-0.25, -0.2) is 4.39 Å². The third kappa shape index (κ3) is 2.32. The number of aryl methyl sites for hydroxylation is 1. The van der Waals surface area contributed by atoms with E-state index in [2.05, 4.69) is 0 Å². The lowest BCUT2D eigenvalue weighted by Gasteiger charge is -2.16. The van der Waals surface area contributed by atoms with Gasteiger partial charge in [0.25, 0.3) is 0 Å². The molecule has 1 unspecified atom stereocenters. The third-order valence-electron chi connectivity index (χ3n) is 4.03. The number of carbonyl (C=O) groups excluding carboxylic acids is 1. The Labute approximate surface area is 122 Å².